The molecule has 1 aromatic carbocycles. The van der Waals surface area contributed by atoms with Gasteiger partial charge in [-0.3, -0.25) is 9.89 Å². The molecule has 1 aliphatic rings. The Hall–Kier alpha value is -2.37. The van der Waals surface area contributed by atoms with Gasteiger partial charge in [0.05, 0.1) is 5.56 Å². The summed E-state index contributed by atoms with van der Waals surface area (Å²) < 4.78 is 0. The first-order valence-electron chi connectivity index (χ1n) is 8.01. The van der Waals surface area contributed by atoms with Crippen LogP contribution in [0.4, 0.5) is 5.69 Å². The van der Waals surface area contributed by atoms with Gasteiger partial charge < -0.3 is 9.80 Å². The molecule has 6 heteroatoms. The monoisotopic (exact) mass is 313 g/mol. The van der Waals surface area contributed by atoms with Gasteiger partial charge in [-0.15, -0.1) is 0 Å². The minimum Gasteiger partial charge on any atom is -0.377 e. The summed E-state index contributed by atoms with van der Waals surface area (Å²) in [7, 11) is 3.92. The maximum Gasteiger partial charge on any atom is 0.255 e. The topological polar surface area (TPSA) is 65.1 Å². The lowest BCUT2D eigenvalue weighted by Crippen LogP contribution is -2.39. The van der Waals surface area contributed by atoms with Crippen LogP contribution in [0.3, 0.4) is 0 Å². The van der Waals surface area contributed by atoms with Gasteiger partial charge in [0.15, 0.2) is 5.82 Å². The van der Waals surface area contributed by atoms with Crippen LogP contribution in [-0.4, -0.2) is 53.2 Å². The number of para-hydroxylation sites is 1. The van der Waals surface area contributed by atoms with Crippen LogP contribution in [0.25, 0.3) is 0 Å². The zero-order chi connectivity index (χ0) is 16.4. The second-order valence-corrected chi connectivity index (χ2v) is 6.28. The quantitative estimate of drug-likeness (QED) is 0.943. The molecule has 6 nitrogen and oxygen atoms in total. The lowest BCUT2D eigenvalue weighted by atomic mass is 9.96. The number of aryl methyl sites for hydroxylation is 1. The average Bonchev–Trinajstić information content (AvgIpc) is 3.01. The van der Waals surface area contributed by atoms with Crippen LogP contribution in [0.1, 0.15) is 40.8 Å². The number of carbonyl (C=O) groups excluding carboxylic acids is 1. The largest absolute Gasteiger partial charge is 0.377 e. The van der Waals surface area contributed by atoms with E-state index in [4.69, 9.17) is 0 Å². The van der Waals surface area contributed by atoms with Gasteiger partial charge in [-0.2, -0.15) is 5.10 Å². The van der Waals surface area contributed by atoms with E-state index in [9.17, 15) is 4.79 Å². The number of nitrogens with one attached hydrogen (secondary N) is 1. The van der Waals surface area contributed by atoms with Crippen molar-refractivity contribution in [1.82, 2.24) is 20.1 Å². The summed E-state index contributed by atoms with van der Waals surface area (Å²) in [4.78, 5) is 21.3. The minimum absolute atomic E-state index is 0.0891. The summed E-state index contributed by atoms with van der Waals surface area (Å²) in [5.41, 5.74) is 1.71. The molecule has 1 N–H and O–H groups in total. The molecule has 0 radical (unpaired) electrons. The predicted molar refractivity (Wildman–Crippen MR) is 89.8 cm³/mol. The third kappa shape index (κ3) is 3.21. The standard InChI is InChI=1S/C17H23N5O/c1-12-18-16(20-19-12)13-7-6-10-22(11-13)17(23)14-8-4-5-9-15(14)21(2)3/h4-5,8-9,13H,6-7,10-11H2,1-3H3,(H,18,19,20)/t13-/m0/s1. The molecule has 0 bridgehead atoms. The SMILES string of the molecule is Cc1nc([C@H]2CCCN(C(=O)c3ccccc3N(C)C)C2)n[nH]1. The van der Waals surface area contributed by atoms with Crippen molar-refractivity contribution in [2.24, 2.45) is 0 Å². The molecule has 1 saturated heterocycles. The highest BCUT2D eigenvalue weighted by atomic mass is 16.2. The van der Waals surface area contributed by atoms with E-state index < -0.39 is 0 Å². The highest BCUT2D eigenvalue weighted by Gasteiger charge is 2.28. The zero-order valence-electron chi connectivity index (χ0n) is 13.9. The maximum atomic E-state index is 13.0. The molecule has 0 unspecified atom stereocenters. The van der Waals surface area contributed by atoms with Gasteiger partial charge in [0.2, 0.25) is 0 Å². The van der Waals surface area contributed by atoms with Crippen LogP contribution in [0.2, 0.25) is 0 Å². The van der Waals surface area contributed by atoms with E-state index in [2.05, 4.69) is 15.2 Å². The summed E-state index contributed by atoms with van der Waals surface area (Å²) in [6, 6.07) is 7.76. The molecule has 0 aliphatic carbocycles. The van der Waals surface area contributed by atoms with Crippen LogP contribution >= 0.6 is 0 Å². The number of aromatic nitrogens is 3. The van der Waals surface area contributed by atoms with Gasteiger partial charge in [-0.1, -0.05) is 12.1 Å². The Morgan fingerprint density at radius 2 is 2.13 bits per heavy atom. The smallest absolute Gasteiger partial charge is 0.255 e. The molecule has 1 aliphatic heterocycles. The second kappa shape index (κ2) is 6.40. The van der Waals surface area contributed by atoms with Crippen LogP contribution in [-0.2, 0) is 0 Å². The molecule has 2 aromatic rings. The van der Waals surface area contributed by atoms with Crippen LogP contribution in [0.15, 0.2) is 24.3 Å². The van der Waals surface area contributed by atoms with E-state index in [0.29, 0.717) is 6.54 Å². The normalized spacial score (nSPS) is 18.0. The first kappa shape index (κ1) is 15.5. The molecular formula is C17H23N5O. The summed E-state index contributed by atoms with van der Waals surface area (Å²) in [6.45, 7) is 3.37. The Labute approximate surface area is 136 Å². The number of nitrogens with zero attached hydrogens (tertiary/aromatic N) is 4. The Bertz CT molecular complexity index is 694. The molecule has 23 heavy (non-hydrogen) atoms. The van der Waals surface area contributed by atoms with Gasteiger partial charge in [0.1, 0.15) is 5.82 Å². The molecule has 0 saturated carbocycles. The number of carbonyl (C=O) groups is 1. The molecule has 1 amide bonds. The lowest BCUT2D eigenvalue weighted by molar-refractivity contribution is 0.0705. The molecule has 1 aromatic heterocycles. The summed E-state index contributed by atoms with van der Waals surface area (Å²) in [6.07, 6.45) is 2.00. The molecule has 122 valence electrons. The van der Waals surface area contributed by atoms with Crippen molar-refractivity contribution in [3.05, 3.63) is 41.5 Å². The van der Waals surface area contributed by atoms with Gasteiger partial charge in [0, 0.05) is 38.8 Å². The fourth-order valence-electron chi connectivity index (χ4n) is 3.13. The fourth-order valence-corrected chi connectivity index (χ4v) is 3.13. The predicted octanol–water partition coefficient (Wildman–Crippen LogP) is 2.20. The molecule has 1 atom stereocenters. The molecule has 1 fully saturated rings. The third-order valence-corrected chi connectivity index (χ3v) is 4.30. The highest BCUT2D eigenvalue weighted by molar-refractivity contribution is 5.99. The molecule has 3 rings (SSSR count). The van der Waals surface area contributed by atoms with E-state index in [0.717, 1.165) is 42.3 Å². The van der Waals surface area contributed by atoms with Crippen LogP contribution in [0, 0.1) is 6.92 Å². The molecular weight excluding hydrogens is 290 g/mol. The number of rotatable bonds is 3. The first-order valence-corrected chi connectivity index (χ1v) is 8.01. The Balaban J connectivity index is 1.80. The van der Waals surface area contributed by atoms with Crippen molar-refractivity contribution < 1.29 is 4.79 Å². The third-order valence-electron chi connectivity index (χ3n) is 4.30. The van der Waals surface area contributed by atoms with Crippen molar-refractivity contribution in [3.63, 3.8) is 0 Å². The van der Waals surface area contributed by atoms with Gasteiger partial charge in [-0.25, -0.2) is 4.98 Å². The Morgan fingerprint density at radius 3 is 2.83 bits per heavy atom. The van der Waals surface area contributed by atoms with E-state index in [1.807, 2.05) is 55.1 Å². The van der Waals surface area contributed by atoms with Crippen molar-refractivity contribution in [2.45, 2.75) is 25.7 Å². The highest BCUT2D eigenvalue weighted by Crippen LogP contribution is 2.27. The van der Waals surface area contributed by atoms with Gasteiger partial charge in [-0.05, 0) is 31.9 Å². The summed E-state index contributed by atoms with van der Waals surface area (Å²) in [5.74, 6) is 1.94. The van der Waals surface area contributed by atoms with Crippen molar-refractivity contribution in [3.8, 4) is 0 Å². The number of likely N-dealkylation sites (tertiary alicyclic amines) is 1. The van der Waals surface area contributed by atoms with E-state index in [1.165, 1.54) is 0 Å². The summed E-state index contributed by atoms with van der Waals surface area (Å²) >= 11 is 0. The fraction of sp³-hybridized carbons (Fsp3) is 0.471. The van der Waals surface area contributed by atoms with Crippen molar-refractivity contribution in [2.75, 3.05) is 32.1 Å². The second-order valence-electron chi connectivity index (χ2n) is 6.28. The zero-order valence-corrected chi connectivity index (χ0v) is 13.9. The lowest BCUT2D eigenvalue weighted by Gasteiger charge is -2.32. The number of hydrogen-bond acceptors (Lipinski definition) is 4. The van der Waals surface area contributed by atoms with E-state index in [-0.39, 0.29) is 11.8 Å². The maximum absolute atomic E-state index is 13.0. The first-order chi connectivity index (χ1) is 11.1. The Kier molecular flexibility index (Phi) is 4.32. The van der Waals surface area contributed by atoms with E-state index in [1.54, 1.807) is 0 Å². The Morgan fingerprint density at radius 1 is 1.35 bits per heavy atom. The number of piperidine rings is 1. The molecule has 2 heterocycles. The minimum atomic E-state index is 0.0891. The number of benzene rings is 1. The number of hydrogen-bond donors (Lipinski definition) is 1. The van der Waals surface area contributed by atoms with Crippen LogP contribution < -0.4 is 4.90 Å². The van der Waals surface area contributed by atoms with E-state index >= 15 is 0 Å². The number of aromatic amines is 1. The van der Waals surface area contributed by atoms with Gasteiger partial charge in [0.25, 0.3) is 5.91 Å². The number of anilines is 1. The van der Waals surface area contributed by atoms with Gasteiger partial charge >= 0.3 is 0 Å². The average molecular weight is 313 g/mol. The van der Waals surface area contributed by atoms with Crippen molar-refractivity contribution in [1.29, 1.82) is 0 Å². The van der Waals surface area contributed by atoms with Crippen molar-refractivity contribution >= 4 is 11.6 Å². The number of H-pyrrole nitrogens is 1. The number of amides is 1. The molecule has 0 spiro atoms. The summed E-state index contributed by atoms with van der Waals surface area (Å²) in [5, 5.41) is 7.16. The van der Waals surface area contributed by atoms with Crippen LogP contribution in [0.5, 0.6) is 0 Å².